The zero-order valence-corrected chi connectivity index (χ0v) is 30.1. The van der Waals surface area contributed by atoms with Crippen LogP contribution in [-0.2, 0) is 16.1 Å². The fourth-order valence-electron chi connectivity index (χ4n) is 5.49. The second-order valence-electron chi connectivity index (χ2n) is 10.9. The van der Waals surface area contributed by atoms with Crippen molar-refractivity contribution in [1.82, 2.24) is 4.57 Å². The van der Waals surface area contributed by atoms with Crippen molar-refractivity contribution in [2.45, 2.75) is 31.4 Å². The Morgan fingerprint density at radius 2 is 1.69 bits per heavy atom. The maximum atomic E-state index is 14.3. The molecule has 49 heavy (non-hydrogen) atoms. The second-order valence-corrected chi connectivity index (χ2v) is 13.6. The van der Waals surface area contributed by atoms with Crippen molar-refractivity contribution in [2.24, 2.45) is 4.99 Å². The summed E-state index contributed by atoms with van der Waals surface area (Å²) in [6, 6.07) is 27.5. The highest BCUT2D eigenvalue weighted by Crippen LogP contribution is 2.36. The minimum Gasteiger partial charge on any atom is -0.490 e. The number of aromatic nitrogens is 1. The Bertz CT molecular complexity index is 2210. The maximum Gasteiger partial charge on any atom is 0.338 e. The molecule has 11 heteroatoms. The van der Waals surface area contributed by atoms with Crippen LogP contribution in [0.25, 0.3) is 11.8 Å². The number of carbonyl (C=O) groups excluding carboxylic acids is 1. The van der Waals surface area contributed by atoms with Gasteiger partial charge in [-0.2, -0.15) is 0 Å². The molecule has 1 aromatic heterocycles. The molecule has 0 unspecified atom stereocenters. The van der Waals surface area contributed by atoms with Crippen LogP contribution in [0.3, 0.4) is 0 Å². The first-order chi connectivity index (χ1) is 23.8. The van der Waals surface area contributed by atoms with E-state index in [2.05, 4.69) is 0 Å². The van der Waals surface area contributed by atoms with E-state index in [1.165, 1.54) is 11.3 Å². The molecule has 5 aromatic rings. The van der Waals surface area contributed by atoms with Crippen LogP contribution in [0.1, 0.15) is 42.1 Å². The van der Waals surface area contributed by atoms with Crippen molar-refractivity contribution in [3.63, 3.8) is 0 Å². The van der Waals surface area contributed by atoms with Crippen LogP contribution < -0.4 is 24.4 Å². The van der Waals surface area contributed by atoms with Gasteiger partial charge in [0.05, 0.1) is 45.1 Å². The van der Waals surface area contributed by atoms with Crippen LogP contribution in [0.5, 0.6) is 11.5 Å². The van der Waals surface area contributed by atoms with Crippen LogP contribution in [0.4, 0.5) is 0 Å². The summed E-state index contributed by atoms with van der Waals surface area (Å²) in [5.41, 5.74) is 3.65. The average molecular weight is 732 g/mol. The second kappa shape index (κ2) is 15.5. The topological polar surface area (TPSA) is 79.1 Å². The van der Waals surface area contributed by atoms with Crippen molar-refractivity contribution in [1.29, 1.82) is 0 Å². The molecule has 6 rings (SSSR count). The molecule has 0 radical (unpaired) electrons. The minimum atomic E-state index is -0.750. The van der Waals surface area contributed by atoms with Crippen LogP contribution in [0.15, 0.2) is 111 Å². The molecule has 7 nitrogen and oxygen atoms in total. The molecule has 1 aliphatic heterocycles. The van der Waals surface area contributed by atoms with Gasteiger partial charge in [-0.3, -0.25) is 9.36 Å². The molecule has 250 valence electrons. The first-order valence-corrected chi connectivity index (χ1v) is 18.4. The normalized spacial score (nSPS) is 14.3. The number of rotatable bonds is 11. The first kappa shape index (κ1) is 34.6. The van der Waals surface area contributed by atoms with Gasteiger partial charge in [-0.05, 0) is 79.3 Å². The Balaban J connectivity index is 1.46. The van der Waals surface area contributed by atoms with E-state index in [9.17, 15) is 9.59 Å². The highest BCUT2D eigenvalue weighted by Gasteiger charge is 2.35. The van der Waals surface area contributed by atoms with Gasteiger partial charge < -0.3 is 14.2 Å². The number of esters is 1. The third kappa shape index (κ3) is 7.50. The largest absolute Gasteiger partial charge is 0.490 e. The summed E-state index contributed by atoms with van der Waals surface area (Å²) < 4.78 is 19.6. The lowest BCUT2D eigenvalue weighted by atomic mass is 9.93. The molecule has 1 aliphatic rings. The van der Waals surface area contributed by atoms with Crippen LogP contribution >= 0.6 is 46.3 Å². The molecule has 0 saturated carbocycles. The third-order valence-corrected chi connectivity index (χ3v) is 10.2. The van der Waals surface area contributed by atoms with E-state index in [1.807, 2.05) is 92.0 Å². The molecule has 0 saturated heterocycles. The van der Waals surface area contributed by atoms with Gasteiger partial charge in [-0.1, -0.05) is 89.1 Å². The Morgan fingerprint density at radius 1 is 0.918 bits per heavy atom. The van der Waals surface area contributed by atoms with E-state index in [0.717, 1.165) is 27.1 Å². The SMILES string of the molecule is CCOC(=O)C1=C(c2ccccc2)N=c2s/c(=C\c3ccc(OCc4ccc(Cl)c(Cl)c4)c(OCC)c3)c(=O)n2[C@@H]1c1ccc(SC)cc1. The summed E-state index contributed by atoms with van der Waals surface area (Å²) in [5.74, 6) is 0.565. The molecule has 4 aromatic carbocycles. The van der Waals surface area contributed by atoms with Crippen molar-refractivity contribution in [3.05, 3.63) is 149 Å². The molecule has 2 heterocycles. The van der Waals surface area contributed by atoms with Gasteiger partial charge in [0.2, 0.25) is 0 Å². The van der Waals surface area contributed by atoms with Gasteiger partial charge in [0.25, 0.3) is 5.56 Å². The van der Waals surface area contributed by atoms with Gasteiger partial charge in [0, 0.05) is 10.5 Å². The predicted octanol–water partition coefficient (Wildman–Crippen LogP) is 7.94. The van der Waals surface area contributed by atoms with Crippen molar-refractivity contribution < 1.29 is 19.0 Å². The van der Waals surface area contributed by atoms with E-state index in [0.29, 0.717) is 48.8 Å². The van der Waals surface area contributed by atoms with Gasteiger partial charge in [0.15, 0.2) is 16.3 Å². The number of nitrogens with zero attached hydrogens (tertiary/aromatic N) is 2. The van der Waals surface area contributed by atoms with Crippen LogP contribution in [-0.4, -0.2) is 30.0 Å². The lowest BCUT2D eigenvalue weighted by Gasteiger charge is -2.26. The Labute approximate surface area is 302 Å². The van der Waals surface area contributed by atoms with Crippen molar-refractivity contribution >= 4 is 64.0 Å². The van der Waals surface area contributed by atoms with Crippen LogP contribution in [0, 0.1) is 0 Å². The quantitative estimate of drug-likeness (QED) is 0.101. The molecule has 0 bridgehead atoms. The Morgan fingerprint density at radius 3 is 2.39 bits per heavy atom. The standard InChI is InChI=1S/C38H32Cl2N2O5S2/c1-4-45-31-20-23(12-18-30(31)47-22-24-11-17-28(39)29(40)19-24)21-32-36(43)42-35(26-13-15-27(48-3)16-14-26)33(37(44)46-5-2)34(41-38(42)49-32)25-9-7-6-8-10-25/h6-21,35H,4-5,22H2,1-3H3/b32-21-/t35-/m1/s1. The van der Waals surface area contributed by atoms with E-state index in [4.69, 9.17) is 42.4 Å². The van der Waals surface area contributed by atoms with Crippen LogP contribution in [0.2, 0.25) is 10.0 Å². The monoisotopic (exact) mass is 730 g/mol. The number of halogens is 2. The molecule has 0 N–H and O–H groups in total. The van der Waals surface area contributed by atoms with Gasteiger partial charge >= 0.3 is 5.97 Å². The number of thioether (sulfide) groups is 1. The molecule has 0 fully saturated rings. The van der Waals surface area contributed by atoms with Crippen molar-refractivity contribution in [2.75, 3.05) is 19.5 Å². The molecule has 0 aliphatic carbocycles. The van der Waals surface area contributed by atoms with E-state index >= 15 is 0 Å². The summed E-state index contributed by atoms with van der Waals surface area (Å²) in [6.07, 6.45) is 3.81. The number of thiazole rings is 1. The number of carbonyl (C=O) groups is 1. The number of hydrogen-bond donors (Lipinski definition) is 0. The van der Waals surface area contributed by atoms with E-state index in [1.54, 1.807) is 41.5 Å². The molecule has 0 amide bonds. The Kier molecular flexibility index (Phi) is 10.9. The zero-order chi connectivity index (χ0) is 34.5. The summed E-state index contributed by atoms with van der Waals surface area (Å²) >= 11 is 15.1. The zero-order valence-electron chi connectivity index (χ0n) is 26.9. The van der Waals surface area contributed by atoms with Gasteiger partial charge in [0.1, 0.15) is 6.61 Å². The lowest BCUT2D eigenvalue weighted by molar-refractivity contribution is -0.138. The molecular weight excluding hydrogens is 699 g/mol. The highest BCUT2D eigenvalue weighted by molar-refractivity contribution is 7.98. The van der Waals surface area contributed by atoms with Gasteiger partial charge in [-0.25, -0.2) is 9.79 Å². The molecule has 0 spiro atoms. The molecular formula is C38H32Cl2N2O5S2. The number of hydrogen-bond acceptors (Lipinski definition) is 8. The number of benzene rings is 4. The van der Waals surface area contributed by atoms with E-state index in [-0.39, 0.29) is 18.8 Å². The number of ether oxygens (including phenoxy) is 3. The predicted molar refractivity (Wildman–Crippen MR) is 198 cm³/mol. The van der Waals surface area contributed by atoms with E-state index < -0.39 is 12.0 Å². The fraction of sp³-hybridized carbons (Fsp3) is 0.184. The lowest BCUT2D eigenvalue weighted by Crippen LogP contribution is -2.40. The summed E-state index contributed by atoms with van der Waals surface area (Å²) in [4.78, 5) is 34.5. The summed E-state index contributed by atoms with van der Waals surface area (Å²) in [6.45, 7) is 4.52. The number of fused-ring (bicyclic) bond motifs is 1. The third-order valence-electron chi connectivity index (χ3n) is 7.75. The van der Waals surface area contributed by atoms with Crippen molar-refractivity contribution in [3.8, 4) is 11.5 Å². The average Bonchev–Trinajstić information content (AvgIpc) is 3.43. The maximum absolute atomic E-state index is 14.3. The summed E-state index contributed by atoms with van der Waals surface area (Å²) in [5, 5.41) is 0.928. The smallest absolute Gasteiger partial charge is 0.338 e. The van der Waals surface area contributed by atoms with Gasteiger partial charge in [-0.15, -0.1) is 11.8 Å². The highest BCUT2D eigenvalue weighted by atomic mass is 35.5. The first-order valence-electron chi connectivity index (χ1n) is 15.6. The fourth-order valence-corrected chi connectivity index (χ4v) is 7.22. The Hall–Kier alpha value is -4.28. The molecule has 1 atom stereocenters. The minimum absolute atomic E-state index is 0.183. The summed E-state index contributed by atoms with van der Waals surface area (Å²) in [7, 11) is 0.